The fraction of sp³-hybridized carbons (Fsp3) is 0.412. The molecule has 0 aliphatic carbocycles. The van der Waals surface area contributed by atoms with Crippen molar-refractivity contribution in [1.29, 1.82) is 0 Å². The van der Waals surface area contributed by atoms with Gasteiger partial charge in [0.25, 0.3) is 0 Å². The van der Waals surface area contributed by atoms with Crippen LogP contribution in [-0.4, -0.2) is 6.54 Å². The molecule has 2 rings (SSSR count). The lowest BCUT2D eigenvalue weighted by molar-refractivity contribution is 0.296. The first-order chi connectivity index (χ1) is 9.96. The van der Waals surface area contributed by atoms with Crippen LogP contribution in [0.3, 0.4) is 0 Å². The maximum atomic E-state index is 13.2. The van der Waals surface area contributed by atoms with Gasteiger partial charge in [-0.3, -0.25) is 0 Å². The second-order valence-electron chi connectivity index (χ2n) is 5.75. The molecule has 1 N–H and O–H groups in total. The minimum Gasteiger partial charge on any atom is -0.466 e. The first-order valence-corrected chi connectivity index (χ1v) is 7.98. The molecule has 21 heavy (non-hydrogen) atoms. The lowest BCUT2D eigenvalue weighted by atomic mass is 9.76. The summed E-state index contributed by atoms with van der Waals surface area (Å²) in [6.07, 6.45) is 2.72. The maximum Gasteiger partial charge on any atom is 0.135 e. The first-order valence-electron chi connectivity index (χ1n) is 7.19. The number of rotatable bonds is 6. The van der Waals surface area contributed by atoms with E-state index in [4.69, 9.17) is 4.42 Å². The number of furan rings is 1. The average Bonchev–Trinajstić information content (AvgIpc) is 2.86. The molecule has 0 saturated carbocycles. The molecule has 1 heterocycles. The summed E-state index contributed by atoms with van der Waals surface area (Å²) in [5.41, 5.74) is 0.837. The Morgan fingerprint density at radius 3 is 2.43 bits per heavy atom. The summed E-state index contributed by atoms with van der Waals surface area (Å²) in [7, 11) is 0. The third-order valence-electron chi connectivity index (χ3n) is 3.82. The Morgan fingerprint density at radius 1 is 1.24 bits per heavy atom. The van der Waals surface area contributed by atoms with Gasteiger partial charge in [-0.1, -0.05) is 32.9 Å². The smallest absolute Gasteiger partial charge is 0.135 e. The standard InChI is InChI=1S/C17H21BrFNO/c1-4-10-20-16(15-14(18)9-11-21-15)17(2,3)12-5-7-13(19)8-6-12/h5-9,11,16,20H,4,10H2,1-3H3. The zero-order valence-corrected chi connectivity index (χ0v) is 14.2. The summed E-state index contributed by atoms with van der Waals surface area (Å²) in [5.74, 6) is 0.657. The van der Waals surface area contributed by atoms with Crippen molar-refractivity contribution < 1.29 is 8.81 Å². The highest BCUT2D eigenvalue weighted by molar-refractivity contribution is 9.10. The van der Waals surface area contributed by atoms with E-state index in [2.05, 4.69) is 42.0 Å². The molecule has 0 aliphatic heterocycles. The number of benzene rings is 1. The average molecular weight is 354 g/mol. The van der Waals surface area contributed by atoms with Crippen molar-refractivity contribution in [2.24, 2.45) is 0 Å². The predicted molar refractivity (Wildman–Crippen MR) is 86.9 cm³/mol. The lowest BCUT2D eigenvalue weighted by Gasteiger charge is -2.34. The largest absolute Gasteiger partial charge is 0.466 e. The summed E-state index contributed by atoms with van der Waals surface area (Å²) in [6.45, 7) is 7.31. The topological polar surface area (TPSA) is 25.2 Å². The minimum atomic E-state index is -0.233. The van der Waals surface area contributed by atoms with Crippen molar-refractivity contribution in [2.75, 3.05) is 6.54 Å². The Labute approximate surface area is 133 Å². The zero-order chi connectivity index (χ0) is 15.5. The molecule has 0 radical (unpaired) electrons. The van der Waals surface area contributed by atoms with Crippen molar-refractivity contribution in [3.8, 4) is 0 Å². The van der Waals surface area contributed by atoms with Crippen molar-refractivity contribution >= 4 is 15.9 Å². The fourth-order valence-corrected chi connectivity index (χ4v) is 2.95. The van der Waals surface area contributed by atoms with E-state index in [1.54, 1.807) is 6.26 Å². The normalized spacial score (nSPS) is 13.4. The molecular formula is C17H21BrFNO. The molecule has 1 aromatic carbocycles. The zero-order valence-electron chi connectivity index (χ0n) is 12.6. The predicted octanol–water partition coefficient (Wildman–Crippen LogP) is 5.20. The Bertz CT molecular complexity index is 577. The third-order valence-corrected chi connectivity index (χ3v) is 4.47. The van der Waals surface area contributed by atoms with Gasteiger partial charge in [-0.15, -0.1) is 0 Å². The molecule has 1 atom stereocenters. The van der Waals surface area contributed by atoms with E-state index in [1.165, 1.54) is 12.1 Å². The molecule has 0 saturated heterocycles. The van der Waals surface area contributed by atoms with Gasteiger partial charge < -0.3 is 9.73 Å². The van der Waals surface area contributed by atoms with Crippen LogP contribution in [0.5, 0.6) is 0 Å². The monoisotopic (exact) mass is 353 g/mol. The Balaban J connectivity index is 2.39. The van der Waals surface area contributed by atoms with E-state index in [-0.39, 0.29) is 17.3 Å². The maximum absolute atomic E-state index is 13.2. The van der Waals surface area contributed by atoms with Crippen molar-refractivity contribution in [3.05, 3.63) is 58.2 Å². The molecular weight excluding hydrogens is 333 g/mol. The molecule has 0 amide bonds. The lowest BCUT2D eigenvalue weighted by Crippen LogP contribution is -2.37. The number of nitrogens with one attached hydrogen (secondary N) is 1. The van der Waals surface area contributed by atoms with Crippen LogP contribution in [0.2, 0.25) is 0 Å². The number of hydrogen-bond donors (Lipinski definition) is 1. The van der Waals surface area contributed by atoms with Gasteiger partial charge in [-0.05, 0) is 52.7 Å². The van der Waals surface area contributed by atoms with Crippen LogP contribution in [-0.2, 0) is 5.41 Å². The molecule has 0 spiro atoms. The van der Waals surface area contributed by atoms with Crippen LogP contribution in [0.1, 0.15) is 44.6 Å². The highest BCUT2D eigenvalue weighted by atomic mass is 79.9. The molecule has 4 heteroatoms. The SMILES string of the molecule is CCCNC(c1occc1Br)C(C)(C)c1ccc(F)cc1. The molecule has 1 unspecified atom stereocenters. The van der Waals surface area contributed by atoms with E-state index in [0.717, 1.165) is 28.8 Å². The molecule has 0 fully saturated rings. The molecule has 2 nitrogen and oxygen atoms in total. The van der Waals surface area contributed by atoms with E-state index < -0.39 is 0 Å². The van der Waals surface area contributed by atoms with Gasteiger partial charge in [0, 0.05) is 5.41 Å². The summed E-state index contributed by atoms with van der Waals surface area (Å²) < 4.78 is 19.8. The summed E-state index contributed by atoms with van der Waals surface area (Å²) in [4.78, 5) is 0. The number of halogens is 2. The van der Waals surface area contributed by atoms with Crippen molar-refractivity contribution in [1.82, 2.24) is 5.32 Å². The van der Waals surface area contributed by atoms with Gasteiger partial charge in [0.2, 0.25) is 0 Å². The van der Waals surface area contributed by atoms with E-state index >= 15 is 0 Å². The first kappa shape index (κ1) is 16.2. The van der Waals surface area contributed by atoms with Gasteiger partial charge in [0.1, 0.15) is 11.6 Å². The Hall–Kier alpha value is -1.13. The van der Waals surface area contributed by atoms with Crippen molar-refractivity contribution in [2.45, 2.75) is 38.6 Å². The summed E-state index contributed by atoms with van der Waals surface area (Å²) in [5, 5.41) is 3.55. The quantitative estimate of drug-likeness (QED) is 0.771. The van der Waals surface area contributed by atoms with E-state index in [1.807, 2.05) is 18.2 Å². The minimum absolute atomic E-state index is 0.00675. The molecule has 2 aromatic rings. The fourth-order valence-electron chi connectivity index (χ4n) is 2.52. The van der Waals surface area contributed by atoms with Crippen LogP contribution in [0.25, 0.3) is 0 Å². The van der Waals surface area contributed by atoms with Gasteiger partial charge >= 0.3 is 0 Å². The highest BCUT2D eigenvalue weighted by Crippen LogP contribution is 2.40. The summed E-state index contributed by atoms with van der Waals surface area (Å²) >= 11 is 3.54. The van der Waals surface area contributed by atoms with Crippen LogP contribution in [0, 0.1) is 5.82 Å². The van der Waals surface area contributed by atoms with Crippen molar-refractivity contribution in [3.63, 3.8) is 0 Å². The second-order valence-corrected chi connectivity index (χ2v) is 6.60. The molecule has 1 aromatic heterocycles. The molecule has 114 valence electrons. The van der Waals surface area contributed by atoms with Crippen LogP contribution >= 0.6 is 15.9 Å². The summed E-state index contributed by atoms with van der Waals surface area (Å²) in [6, 6.07) is 8.60. The van der Waals surface area contributed by atoms with E-state index in [9.17, 15) is 4.39 Å². The highest BCUT2D eigenvalue weighted by Gasteiger charge is 2.35. The van der Waals surface area contributed by atoms with Gasteiger partial charge in [-0.2, -0.15) is 0 Å². The van der Waals surface area contributed by atoms with Gasteiger partial charge in [0.15, 0.2) is 0 Å². The molecule has 0 aliphatic rings. The Kier molecular flexibility index (Phi) is 5.22. The molecule has 0 bridgehead atoms. The number of hydrogen-bond acceptors (Lipinski definition) is 2. The Morgan fingerprint density at radius 2 is 1.90 bits per heavy atom. The van der Waals surface area contributed by atoms with E-state index in [0.29, 0.717) is 0 Å². The third kappa shape index (κ3) is 3.55. The van der Waals surface area contributed by atoms with Crippen LogP contribution in [0.4, 0.5) is 4.39 Å². The van der Waals surface area contributed by atoms with Gasteiger partial charge in [-0.25, -0.2) is 4.39 Å². The van der Waals surface area contributed by atoms with Gasteiger partial charge in [0.05, 0.1) is 16.8 Å². The second kappa shape index (κ2) is 6.75. The van der Waals surface area contributed by atoms with Crippen LogP contribution in [0.15, 0.2) is 45.5 Å². The van der Waals surface area contributed by atoms with Crippen LogP contribution < -0.4 is 5.32 Å².